The highest BCUT2D eigenvalue weighted by atomic mass is 79.9. The van der Waals surface area contributed by atoms with Crippen LogP contribution in [0.15, 0.2) is 22.2 Å². The molecule has 9 nitrogen and oxygen atoms in total. The van der Waals surface area contributed by atoms with Crippen molar-refractivity contribution in [3.8, 4) is 17.6 Å². The number of nitrogens with two attached hydrogens (primary N) is 1. The zero-order valence-electron chi connectivity index (χ0n) is 13.3. The van der Waals surface area contributed by atoms with Gasteiger partial charge in [0.15, 0.2) is 18.1 Å². The lowest BCUT2D eigenvalue weighted by atomic mass is 10.1. The number of carbonyl (C=O) groups excluding carboxylic acids is 3. The van der Waals surface area contributed by atoms with Crippen LogP contribution in [-0.4, -0.2) is 38.7 Å². The number of imide groups is 1. The predicted octanol–water partition coefficient (Wildman–Crippen LogP) is 1.11. The number of hydrogen-bond donors (Lipinski definition) is 2. The van der Waals surface area contributed by atoms with Crippen LogP contribution in [0.1, 0.15) is 5.56 Å². The van der Waals surface area contributed by atoms with Gasteiger partial charge >= 0.3 is 12.0 Å². The first kappa shape index (κ1) is 20.0. The fraction of sp³-hybridized carbons (Fsp3) is 0.200. The minimum atomic E-state index is -1.07. The number of rotatable bonds is 6. The van der Waals surface area contributed by atoms with Crippen LogP contribution in [0.4, 0.5) is 4.79 Å². The summed E-state index contributed by atoms with van der Waals surface area (Å²) in [6.45, 7) is -0.320. The third-order valence-electron chi connectivity index (χ3n) is 2.76. The molecule has 10 heteroatoms. The first-order valence-electron chi connectivity index (χ1n) is 6.62. The molecule has 0 spiro atoms. The summed E-state index contributed by atoms with van der Waals surface area (Å²) >= 11 is 3.26. The van der Waals surface area contributed by atoms with Crippen LogP contribution in [0.5, 0.6) is 11.5 Å². The standard InChI is InChI=1S/C15H14BrN3O6/c1-23-11-4-8(3-9(6-17)14(21)19-15(18)22)10(16)5-12(11)25-7-13(20)24-2/h3-5H,7H2,1-2H3,(H3,18,19,21,22)/b9-3-. The number of hydrogen-bond acceptors (Lipinski definition) is 7. The van der Waals surface area contributed by atoms with Crippen molar-refractivity contribution >= 4 is 39.9 Å². The molecule has 0 radical (unpaired) electrons. The largest absolute Gasteiger partial charge is 0.493 e. The first-order chi connectivity index (χ1) is 11.8. The Hall–Kier alpha value is -3.06. The maximum Gasteiger partial charge on any atom is 0.343 e. The summed E-state index contributed by atoms with van der Waals surface area (Å²) < 4.78 is 15.4. The summed E-state index contributed by atoms with van der Waals surface area (Å²) in [4.78, 5) is 33.6. The number of benzene rings is 1. The highest BCUT2D eigenvalue weighted by molar-refractivity contribution is 9.10. The molecule has 0 aliphatic heterocycles. The lowest BCUT2D eigenvalue weighted by molar-refractivity contribution is -0.142. The second-order valence-corrected chi connectivity index (χ2v) is 5.23. The topological polar surface area (TPSA) is 141 Å². The third kappa shape index (κ3) is 5.82. The number of ether oxygens (including phenoxy) is 3. The van der Waals surface area contributed by atoms with Gasteiger partial charge in [-0.2, -0.15) is 5.26 Å². The van der Waals surface area contributed by atoms with Gasteiger partial charge in [0.05, 0.1) is 14.2 Å². The average Bonchev–Trinajstić information content (AvgIpc) is 2.57. The van der Waals surface area contributed by atoms with Crippen LogP contribution in [0.3, 0.4) is 0 Å². The normalized spacial score (nSPS) is 10.4. The molecular weight excluding hydrogens is 398 g/mol. The lowest BCUT2D eigenvalue weighted by Crippen LogP contribution is -2.35. The molecule has 132 valence electrons. The van der Waals surface area contributed by atoms with Crippen molar-refractivity contribution < 1.29 is 28.6 Å². The van der Waals surface area contributed by atoms with E-state index in [4.69, 9.17) is 20.5 Å². The fourth-order valence-corrected chi connectivity index (χ4v) is 2.05. The Morgan fingerprint density at radius 1 is 1.32 bits per heavy atom. The number of nitriles is 1. The van der Waals surface area contributed by atoms with Gasteiger partial charge < -0.3 is 19.9 Å². The molecule has 0 bridgehead atoms. The van der Waals surface area contributed by atoms with Gasteiger partial charge in [-0.05, 0) is 23.8 Å². The molecule has 3 amide bonds. The number of methoxy groups -OCH3 is 2. The summed E-state index contributed by atoms with van der Waals surface area (Å²) in [6.07, 6.45) is 1.23. The quantitative estimate of drug-likeness (QED) is 0.405. The van der Waals surface area contributed by atoms with Gasteiger partial charge in [0.2, 0.25) is 0 Å². The van der Waals surface area contributed by atoms with E-state index in [1.54, 1.807) is 11.4 Å². The van der Waals surface area contributed by atoms with E-state index < -0.39 is 17.9 Å². The van der Waals surface area contributed by atoms with Crippen LogP contribution in [0, 0.1) is 11.3 Å². The van der Waals surface area contributed by atoms with Gasteiger partial charge in [0.25, 0.3) is 5.91 Å². The molecule has 25 heavy (non-hydrogen) atoms. The SMILES string of the molecule is COC(=O)COc1cc(Br)c(/C=C(/C#N)C(=O)NC(N)=O)cc1OC. The summed E-state index contributed by atoms with van der Waals surface area (Å²) in [6, 6.07) is 3.57. The second kappa shape index (κ2) is 9.29. The predicted molar refractivity (Wildman–Crippen MR) is 89.5 cm³/mol. The van der Waals surface area contributed by atoms with Crippen LogP contribution in [-0.2, 0) is 14.3 Å². The molecule has 0 saturated carbocycles. The number of primary amides is 1. The number of nitrogens with one attached hydrogen (secondary N) is 1. The highest BCUT2D eigenvalue weighted by Crippen LogP contribution is 2.34. The Morgan fingerprint density at radius 3 is 2.52 bits per heavy atom. The van der Waals surface area contributed by atoms with Crippen molar-refractivity contribution in [1.82, 2.24) is 5.32 Å². The Balaban J connectivity index is 3.18. The van der Waals surface area contributed by atoms with E-state index >= 15 is 0 Å². The van der Waals surface area contributed by atoms with E-state index in [1.807, 2.05) is 0 Å². The fourth-order valence-electron chi connectivity index (χ4n) is 1.61. The van der Waals surface area contributed by atoms with Crippen LogP contribution >= 0.6 is 15.9 Å². The molecule has 0 aliphatic carbocycles. The van der Waals surface area contributed by atoms with Gasteiger partial charge in [-0.3, -0.25) is 10.1 Å². The van der Waals surface area contributed by atoms with Gasteiger partial charge in [0.1, 0.15) is 11.6 Å². The summed E-state index contributed by atoms with van der Waals surface area (Å²) in [5.74, 6) is -1.01. The van der Waals surface area contributed by atoms with E-state index in [0.717, 1.165) is 0 Å². The average molecular weight is 412 g/mol. The maximum atomic E-state index is 11.7. The van der Waals surface area contributed by atoms with E-state index in [2.05, 4.69) is 20.7 Å². The molecule has 0 unspecified atom stereocenters. The molecule has 0 aromatic heterocycles. The summed E-state index contributed by atoms with van der Waals surface area (Å²) in [5.41, 5.74) is 4.91. The van der Waals surface area contributed by atoms with E-state index in [-0.39, 0.29) is 23.7 Å². The van der Waals surface area contributed by atoms with Crippen molar-refractivity contribution in [3.63, 3.8) is 0 Å². The van der Waals surface area contributed by atoms with Crippen LogP contribution in [0.25, 0.3) is 6.08 Å². The number of amides is 3. The minimum Gasteiger partial charge on any atom is -0.493 e. The number of nitrogens with zero attached hydrogens (tertiary/aromatic N) is 1. The van der Waals surface area contributed by atoms with Crippen molar-refractivity contribution in [2.45, 2.75) is 0 Å². The summed E-state index contributed by atoms with van der Waals surface area (Å²) in [7, 11) is 2.61. The second-order valence-electron chi connectivity index (χ2n) is 4.38. The van der Waals surface area contributed by atoms with E-state index in [9.17, 15) is 14.4 Å². The molecule has 1 rings (SSSR count). The van der Waals surface area contributed by atoms with Crippen molar-refractivity contribution in [3.05, 3.63) is 27.7 Å². The van der Waals surface area contributed by atoms with E-state index in [1.165, 1.54) is 32.4 Å². The Bertz CT molecular complexity index is 769. The molecule has 3 N–H and O–H groups in total. The minimum absolute atomic E-state index is 0.247. The van der Waals surface area contributed by atoms with Gasteiger partial charge in [-0.1, -0.05) is 15.9 Å². The number of halogens is 1. The number of esters is 1. The van der Waals surface area contributed by atoms with Crippen molar-refractivity contribution in [1.29, 1.82) is 5.26 Å². The van der Waals surface area contributed by atoms with Gasteiger partial charge in [-0.15, -0.1) is 0 Å². The molecule has 1 aromatic carbocycles. The molecular formula is C15H14BrN3O6. The molecule has 0 heterocycles. The molecule has 0 atom stereocenters. The Labute approximate surface area is 151 Å². The van der Waals surface area contributed by atoms with Crippen LogP contribution < -0.4 is 20.5 Å². The zero-order chi connectivity index (χ0) is 19.0. The first-order valence-corrected chi connectivity index (χ1v) is 7.41. The van der Waals surface area contributed by atoms with E-state index in [0.29, 0.717) is 10.0 Å². The van der Waals surface area contributed by atoms with Gasteiger partial charge in [0, 0.05) is 4.47 Å². The third-order valence-corrected chi connectivity index (χ3v) is 3.44. The Morgan fingerprint density at radius 2 is 2.00 bits per heavy atom. The highest BCUT2D eigenvalue weighted by Gasteiger charge is 2.15. The van der Waals surface area contributed by atoms with Gasteiger partial charge in [-0.25, -0.2) is 9.59 Å². The Kier molecular flexibility index (Phi) is 7.43. The molecule has 0 fully saturated rings. The van der Waals surface area contributed by atoms with Crippen molar-refractivity contribution in [2.75, 3.05) is 20.8 Å². The lowest BCUT2D eigenvalue weighted by Gasteiger charge is -2.12. The number of carbonyl (C=O) groups is 3. The number of urea groups is 1. The van der Waals surface area contributed by atoms with Crippen molar-refractivity contribution in [2.24, 2.45) is 5.73 Å². The smallest absolute Gasteiger partial charge is 0.343 e. The summed E-state index contributed by atoms with van der Waals surface area (Å²) in [5, 5.41) is 10.9. The maximum absolute atomic E-state index is 11.7. The zero-order valence-corrected chi connectivity index (χ0v) is 14.9. The molecule has 1 aromatic rings. The molecule has 0 saturated heterocycles. The van der Waals surface area contributed by atoms with Crippen LogP contribution in [0.2, 0.25) is 0 Å². The monoisotopic (exact) mass is 411 g/mol. The molecule has 0 aliphatic rings.